The summed E-state index contributed by atoms with van der Waals surface area (Å²) in [6.07, 6.45) is -6.37. The van der Waals surface area contributed by atoms with Crippen LogP contribution in [0.5, 0.6) is 0 Å². The average Bonchev–Trinajstić information content (AvgIpc) is 2.77. The number of hydrogen-bond acceptors (Lipinski definition) is 5. The molecule has 0 aliphatic heterocycles. The van der Waals surface area contributed by atoms with Gasteiger partial charge in [-0.15, -0.1) is 0 Å². The number of halogens is 5. The Balaban J connectivity index is 1.93. The van der Waals surface area contributed by atoms with E-state index in [0.717, 1.165) is 30.3 Å². The second-order valence-corrected chi connectivity index (χ2v) is 9.41. The number of anilines is 1. The minimum absolute atomic E-state index is 0.198. The maximum Gasteiger partial charge on any atom is 0.417 e. The third kappa shape index (κ3) is 6.51. The number of amides is 1. The molecular formula is C22H15Cl2F3N2O5S. The van der Waals surface area contributed by atoms with Gasteiger partial charge in [0.15, 0.2) is 0 Å². The van der Waals surface area contributed by atoms with Crippen LogP contribution in [-0.4, -0.2) is 20.3 Å². The fourth-order valence-corrected chi connectivity index (χ4v) is 4.25. The van der Waals surface area contributed by atoms with Crippen LogP contribution in [0.4, 0.5) is 18.9 Å². The third-order valence-electron chi connectivity index (χ3n) is 4.58. The first-order valence-electron chi connectivity index (χ1n) is 9.53. The van der Waals surface area contributed by atoms with E-state index in [0.29, 0.717) is 6.07 Å². The molecule has 0 aromatic heterocycles. The van der Waals surface area contributed by atoms with Crippen molar-refractivity contribution in [1.29, 1.82) is 0 Å². The van der Waals surface area contributed by atoms with Crippen molar-refractivity contribution in [3.05, 3.63) is 93.5 Å². The molecule has 1 atom stereocenters. The molecule has 0 saturated carbocycles. The van der Waals surface area contributed by atoms with Gasteiger partial charge >= 0.3 is 12.1 Å². The number of benzene rings is 3. The van der Waals surface area contributed by atoms with Gasteiger partial charge in [0.2, 0.25) is 16.1 Å². The van der Waals surface area contributed by atoms with Crippen molar-refractivity contribution in [1.82, 2.24) is 0 Å². The molecule has 3 N–H and O–H groups in total. The minimum Gasteiger partial charge on any atom is -0.444 e. The Kier molecular flexibility index (Phi) is 7.75. The van der Waals surface area contributed by atoms with Crippen LogP contribution in [-0.2, 0) is 25.7 Å². The molecule has 0 spiro atoms. The van der Waals surface area contributed by atoms with E-state index in [1.54, 1.807) is 18.2 Å². The number of nitrogens with one attached hydrogen (secondary N) is 1. The molecule has 35 heavy (non-hydrogen) atoms. The van der Waals surface area contributed by atoms with Gasteiger partial charge < -0.3 is 10.1 Å². The summed E-state index contributed by atoms with van der Waals surface area (Å²) in [5.74, 6) is -2.08. The number of primary sulfonamides is 1. The maximum atomic E-state index is 13.2. The van der Waals surface area contributed by atoms with Crippen LogP contribution in [0.3, 0.4) is 0 Å². The average molecular weight is 547 g/mol. The molecule has 0 bridgehead atoms. The van der Waals surface area contributed by atoms with Gasteiger partial charge in [-0.25, -0.2) is 18.4 Å². The molecule has 0 fully saturated rings. The molecule has 0 heterocycles. The molecule has 3 aromatic rings. The van der Waals surface area contributed by atoms with Gasteiger partial charge in [0.1, 0.15) is 4.90 Å². The molecule has 3 aromatic carbocycles. The molecular weight excluding hydrogens is 532 g/mol. The molecule has 3 rings (SSSR count). The van der Waals surface area contributed by atoms with Gasteiger partial charge in [0.25, 0.3) is 5.91 Å². The van der Waals surface area contributed by atoms with Crippen molar-refractivity contribution in [2.45, 2.75) is 17.2 Å². The lowest BCUT2D eigenvalue weighted by Crippen LogP contribution is -2.26. The summed E-state index contributed by atoms with van der Waals surface area (Å²) in [6.45, 7) is 0. The zero-order valence-corrected chi connectivity index (χ0v) is 19.7. The zero-order valence-electron chi connectivity index (χ0n) is 17.3. The van der Waals surface area contributed by atoms with Gasteiger partial charge in [-0.1, -0.05) is 53.5 Å². The Morgan fingerprint density at radius 1 is 0.943 bits per heavy atom. The fraction of sp³-hybridized carbons (Fsp3) is 0.0909. The van der Waals surface area contributed by atoms with Crippen molar-refractivity contribution in [3.8, 4) is 0 Å². The number of rotatable bonds is 6. The minimum atomic E-state index is -4.77. The molecule has 0 saturated heterocycles. The quantitative estimate of drug-likeness (QED) is 0.412. The molecule has 13 heteroatoms. The summed E-state index contributed by atoms with van der Waals surface area (Å²) < 4.78 is 68.2. The first kappa shape index (κ1) is 26.5. The van der Waals surface area contributed by atoms with E-state index in [9.17, 15) is 31.2 Å². The van der Waals surface area contributed by atoms with E-state index < -0.39 is 49.7 Å². The number of carbonyl (C=O) groups is 2. The zero-order chi connectivity index (χ0) is 26.0. The molecule has 1 amide bonds. The molecule has 7 nitrogen and oxygen atoms in total. The molecule has 0 aliphatic carbocycles. The van der Waals surface area contributed by atoms with Crippen LogP contribution in [0, 0.1) is 0 Å². The lowest BCUT2D eigenvalue weighted by Gasteiger charge is -2.19. The second-order valence-electron chi connectivity index (χ2n) is 7.07. The molecule has 184 valence electrons. The second kappa shape index (κ2) is 10.2. The van der Waals surface area contributed by atoms with Crippen molar-refractivity contribution in [2.75, 3.05) is 5.32 Å². The first-order valence-corrected chi connectivity index (χ1v) is 11.8. The first-order chi connectivity index (χ1) is 16.3. The lowest BCUT2D eigenvalue weighted by molar-refractivity contribution is -0.137. The number of carbonyl (C=O) groups excluding carboxylic acids is 2. The van der Waals surface area contributed by atoms with Crippen LogP contribution < -0.4 is 10.5 Å². The van der Waals surface area contributed by atoms with Crippen molar-refractivity contribution < 1.29 is 35.9 Å². The Morgan fingerprint density at radius 2 is 1.57 bits per heavy atom. The normalized spacial score (nSPS) is 12.6. The number of nitrogens with two attached hydrogens (primary N) is 1. The summed E-state index contributed by atoms with van der Waals surface area (Å²) in [5, 5.41) is 6.57. The standard InChI is InChI=1S/C22H15Cl2F3N2O5S/c23-16-9-7-14(11-15(16)22(25,26)27)29-20(30)19(12-4-2-1-3-5-12)34-21(31)13-6-8-17(24)18(10-13)35(28,32)33/h1-11,19H,(H,29,30)(H2,28,32,33). The van der Waals surface area contributed by atoms with E-state index in [1.165, 1.54) is 12.1 Å². The summed E-state index contributed by atoms with van der Waals surface area (Å²) in [7, 11) is -4.27. The Hall–Kier alpha value is -3.12. The summed E-state index contributed by atoms with van der Waals surface area (Å²) >= 11 is 11.4. The van der Waals surface area contributed by atoms with Crippen molar-refractivity contribution in [3.63, 3.8) is 0 Å². The number of ether oxygens (including phenoxy) is 1. The van der Waals surface area contributed by atoms with Crippen LogP contribution in [0.25, 0.3) is 0 Å². The molecule has 1 unspecified atom stereocenters. The van der Waals surface area contributed by atoms with Crippen LogP contribution >= 0.6 is 23.2 Å². The van der Waals surface area contributed by atoms with E-state index in [-0.39, 0.29) is 21.8 Å². The van der Waals surface area contributed by atoms with Gasteiger partial charge in [0, 0.05) is 11.3 Å². The summed E-state index contributed by atoms with van der Waals surface area (Å²) in [4.78, 5) is 25.2. The highest BCUT2D eigenvalue weighted by Crippen LogP contribution is 2.36. The number of sulfonamides is 1. The van der Waals surface area contributed by atoms with Gasteiger partial charge in [0.05, 0.1) is 21.2 Å². The van der Waals surface area contributed by atoms with Crippen LogP contribution in [0.2, 0.25) is 10.0 Å². The lowest BCUT2D eigenvalue weighted by atomic mass is 10.1. The largest absolute Gasteiger partial charge is 0.444 e. The van der Waals surface area contributed by atoms with E-state index in [2.05, 4.69) is 5.32 Å². The highest BCUT2D eigenvalue weighted by Gasteiger charge is 2.34. The third-order valence-corrected chi connectivity index (χ3v) is 6.30. The van der Waals surface area contributed by atoms with Gasteiger partial charge in [-0.2, -0.15) is 13.2 Å². The topological polar surface area (TPSA) is 116 Å². The summed E-state index contributed by atoms with van der Waals surface area (Å²) in [6, 6.07) is 13.6. The Labute approximate surface area is 207 Å². The number of hydrogen-bond donors (Lipinski definition) is 2. The smallest absolute Gasteiger partial charge is 0.417 e. The van der Waals surface area contributed by atoms with E-state index >= 15 is 0 Å². The van der Waals surface area contributed by atoms with Crippen LogP contribution in [0.15, 0.2) is 71.6 Å². The fourth-order valence-electron chi connectivity index (χ4n) is 2.95. The number of esters is 1. The van der Waals surface area contributed by atoms with Gasteiger partial charge in [-0.3, -0.25) is 4.79 Å². The maximum absolute atomic E-state index is 13.2. The molecule has 0 aliphatic rings. The van der Waals surface area contributed by atoms with Gasteiger partial charge in [-0.05, 0) is 36.4 Å². The van der Waals surface area contributed by atoms with Crippen molar-refractivity contribution >= 4 is 50.8 Å². The van der Waals surface area contributed by atoms with E-state index in [1.807, 2.05) is 0 Å². The monoisotopic (exact) mass is 546 g/mol. The van der Waals surface area contributed by atoms with E-state index in [4.69, 9.17) is 33.1 Å². The highest BCUT2D eigenvalue weighted by atomic mass is 35.5. The van der Waals surface area contributed by atoms with Crippen molar-refractivity contribution in [2.24, 2.45) is 5.14 Å². The Bertz CT molecular complexity index is 1380. The summed E-state index contributed by atoms with van der Waals surface area (Å²) in [5.41, 5.74) is -1.49. The molecule has 0 radical (unpaired) electrons. The number of alkyl halides is 3. The predicted molar refractivity (Wildman–Crippen MR) is 123 cm³/mol. The SMILES string of the molecule is NS(=O)(=O)c1cc(C(=O)OC(C(=O)Nc2ccc(Cl)c(C(F)(F)F)c2)c2ccccc2)ccc1Cl. The van der Waals surface area contributed by atoms with Crippen LogP contribution in [0.1, 0.15) is 27.6 Å². The predicted octanol–water partition coefficient (Wildman–Crippen LogP) is 5.20. The highest BCUT2D eigenvalue weighted by molar-refractivity contribution is 7.89. The Morgan fingerprint density at radius 3 is 2.17 bits per heavy atom.